The molecule has 0 bridgehead atoms. The van der Waals surface area contributed by atoms with Crippen LogP contribution >= 0.6 is 11.8 Å². The highest BCUT2D eigenvalue weighted by Gasteiger charge is 2.19. The zero-order valence-electron chi connectivity index (χ0n) is 13.1. The van der Waals surface area contributed by atoms with Crippen molar-refractivity contribution in [2.24, 2.45) is 4.99 Å². The van der Waals surface area contributed by atoms with E-state index in [0.717, 1.165) is 11.3 Å². The van der Waals surface area contributed by atoms with E-state index in [9.17, 15) is 4.79 Å². The van der Waals surface area contributed by atoms with Crippen molar-refractivity contribution in [2.75, 3.05) is 11.6 Å². The predicted molar refractivity (Wildman–Crippen MR) is 98.5 cm³/mol. The number of thioether (sulfide) groups is 1. The van der Waals surface area contributed by atoms with Gasteiger partial charge in [-0.15, -0.1) is 11.8 Å². The van der Waals surface area contributed by atoms with Gasteiger partial charge in [0.25, 0.3) is 5.91 Å². The fraction of sp³-hybridized carbons (Fsp3) is 0.0556. The molecule has 2 aromatic carbocycles. The van der Waals surface area contributed by atoms with Gasteiger partial charge in [0.1, 0.15) is 10.6 Å². The fourth-order valence-electron chi connectivity index (χ4n) is 2.16. The minimum absolute atomic E-state index is 0.237. The molecule has 0 spiro atoms. The standard InChI is InChI=1S/C18H16N4OS/c1-24-18-15(17(23)20-14-10-6-3-7-11-14)16(21-22-18)19-12-13-8-4-2-5-9-13/h2-12H,1H3,(H,20,23)(H,21,22)/b19-12-. The Balaban J connectivity index is 1.87. The molecule has 0 aliphatic heterocycles. The van der Waals surface area contributed by atoms with Gasteiger partial charge >= 0.3 is 0 Å². The number of hydrogen-bond donors (Lipinski definition) is 2. The van der Waals surface area contributed by atoms with Crippen LogP contribution in [0.1, 0.15) is 15.9 Å². The summed E-state index contributed by atoms with van der Waals surface area (Å²) in [6.45, 7) is 0. The van der Waals surface area contributed by atoms with Gasteiger partial charge in [0.2, 0.25) is 0 Å². The van der Waals surface area contributed by atoms with Crippen LogP contribution in [0.3, 0.4) is 0 Å². The van der Waals surface area contributed by atoms with E-state index >= 15 is 0 Å². The van der Waals surface area contributed by atoms with E-state index in [-0.39, 0.29) is 5.91 Å². The first-order valence-electron chi connectivity index (χ1n) is 7.36. The second-order valence-corrected chi connectivity index (χ2v) is 5.74. The number of nitrogens with zero attached hydrogens (tertiary/aromatic N) is 2. The molecule has 0 fully saturated rings. The van der Waals surface area contributed by atoms with Gasteiger partial charge in [0.15, 0.2) is 5.82 Å². The van der Waals surface area contributed by atoms with Gasteiger partial charge in [0.05, 0.1) is 0 Å². The van der Waals surface area contributed by atoms with Crippen LogP contribution in [-0.2, 0) is 0 Å². The lowest BCUT2D eigenvalue weighted by Gasteiger charge is -2.05. The lowest BCUT2D eigenvalue weighted by Crippen LogP contribution is -2.12. The molecule has 2 N–H and O–H groups in total. The fourth-order valence-corrected chi connectivity index (χ4v) is 2.69. The topological polar surface area (TPSA) is 70.1 Å². The molecule has 3 aromatic rings. The van der Waals surface area contributed by atoms with Crippen molar-refractivity contribution < 1.29 is 4.79 Å². The number of carbonyl (C=O) groups is 1. The zero-order valence-corrected chi connectivity index (χ0v) is 13.9. The number of aliphatic imine (C=N–C) groups is 1. The van der Waals surface area contributed by atoms with Gasteiger partial charge in [0, 0.05) is 11.9 Å². The monoisotopic (exact) mass is 336 g/mol. The second-order valence-electron chi connectivity index (χ2n) is 4.95. The summed E-state index contributed by atoms with van der Waals surface area (Å²) in [4.78, 5) is 17.0. The molecule has 3 rings (SSSR count). The Labute approximate surface area is 144 Å². The maximum Gasteiger partial charge on any atom is 0.262 e. The van der Waals surface area contributed by atoms with Gasteiger partial charge in [-0.1, -0.05) is 48.5 Å². The molecule has 5 nitrogen and oxygen atoms in total. The Morgan fingerprint density at radius 2 is 1.79 bits per heavy atom. The summed E-state index contributed by atoms with van der Waals surface area (Å²) in [5.41, 5.74) is 2.12. The normalized spacial score (nSPS) is 10.9. The maximum atomic E-state index is 12.6. The van der Waals surface area contributed by atoms with Crippen molar-refractivity contribution in [3.63, 3.8) is 0 Å². The van der Waals surface area contributed by atoms with Crippen molar-refractivity contribution in [3.05, 3.63) is 71.8 Å². The van der Waals surface area contributed by atoms with Crippen LogP contribution < -0.4 is 5.32 Å². The summed E-state index contributed by atoms with van der Waals surface area (Å²) in [6, 6.07) is 19.0. The van der Waals surface area contributed by atoms with Crippen molar-refractivity contribution in [3.8, 4) is 0 Å². The third kappa shape index (κ3) is 3.72. The number of aromatic nitrogens is 2. The molecule has 1 heterocycles. The quantitative estimate of drug-likeness (QED) is 0.543. The minimum Gasteiger partial charge on any atom is -0.322 e. The Morgan fingerprint density at radius 3 is 2.46 bits per heavy atom. The highest BCUT2D eigenvalue weighted by Crippen LogP contribution is 2.27. The third-order valence-corrected chi connectivity index (χ3v) is 3.99. The molecule has 120 valence electrons. The van der Waals surface area contributed by atoms with Gasteiger partial charge in [-0.05, 0) is 24.0 Å². The molecule has 0 radical (unpaired) electrons. The van der Waals surface area contributed by atoms with E-state index in [1.165, 1.54) is 11.8 Å². The summed E-state index contributed by atoms with van der Waals surface area (Å²) in [5.74, 6) is 0.205. The third-order valence-electron chi connectivity index (χ3n) is 3.31. The largest absolute Gasteiger partial charge is 0.322 e. The first-order chi connectivity index (χ1) is 11.8. The lowest BCUT2D eigenvalue weighted by atomic mass is 10.2. The van der Waals surface area contributed by atoms with Crippen LogP contribution in [0.4, 0.5) is 11.5 Å². The first-order valence-corrected chi connectivity index (χ1v) is 8.58. The molecule has 1 amide bonds. The second kappa shape index (κ2) is 7.61. The Bertz CT molecular complexity index is 844. The average molecular weight is 336 g/mol. The molecule has 0 aliphatic carbocycles. The number of nitrogens with one attached hydrogen (secondary N) is 2. The van der Waals surface area contributed by atoms with Crippen LogP contribution in [-0.4, -0.2) is 28.6 Å². The number of para-hydroxylation sites is 1. The summed E-state index contributed by atoms with van der Waals surface area (Å²) >= 11 is 1.40. The van der Waals surface area contributed by atoms with Crippen LogP contribution in [0, 0.1) is 0 Å². The first kappa shape index (κ1) is 16.0. The smallest absolute Gasteiger partial charge is 0.262 e. The Kier molecular flexibility index (Phi) is 5.08. The highest BCUT2D eigenvalue weighted by atomic mass is 32.2. The molecule has 0 saturated heterocycles. The molecule has 1 aromatic heterocycles. The highest BCUT2D eigenvalue weighted by molar-refractivity contribution is 7.98. The minimum atomic E-state index is -0.237. The number of amides is 1. The molecule has 0 atom stereocenters. The van der Waals surface area contributed by atoms with E-state index in [0.29, 0.717) is 16.4 Å². The van der Waals surface area contributed by atoms with E-state index in [1.54, 1.807) is 6.21 Å². The molecule has 0 unspecified atom stereocenters. The number of benzene rings is 2. The van der Waals surface area contributed by atoms with Crippen LogP contribution in [0.2, 0.25) is 0 Å². The number of hydrogen-bond acceptors (Lipinski definition) is 4. The maximum absolute atomic E-state index is 12.6. The molecular weight excluding hydrogens is 320 g/mol. The summed E-state index contributed by atoms with van der Waals surface area (Å²) in [5, 5.41) is 10.5. The van der Waals surface area contributed by atoms with Crippen molar-refractivity contribution >= 4 is 35.4 Å². The van der Waals surface area contributed by atoms with Crippen molar-refractivity contribution in [2.45, 2.75) is 5.03 Å². The predicted octanol–water partition coefficient (Wildman–Crippen LogP) is 4.13. The number of aromatic amines is 1. The van der Waals surface area contributed by atoms with Gasteiger partial charge in [-0.25, -0.2) is 4.99 Å². The van der Waals surface area contributed by atoms with E-state index in [2.05, 4.69) is 20.5 Å². The van der Waals surface area contributed by atoms with Crippen molar-refractivity contribution in [1.82, 2.24) is 10.2 Å². The van der Waals surface area contributed by atoms with Crippen LogP contribution in [0.25, 0.3) is 0 Å². The van der Waals surface area contributed by atoms with Gasteiger partial charge in [-0.2, -0.15) is 5.10 Å². The molecular formula is C18H16N4OS. The van der Waals surface area contributed by atoms with Crippen LogP contribution in [0.5, 0.6) is 0 Å². The van der Waals surface area contributed by atoms with E-state index in [1.807, 2.05) is 66.9 Å². The van der Waals surface area contributed by atoms with Crippen LogP contribution in [0.15, 0.2) is 70.7 Å². The Morgan fingerprint density at radius 1 is 1.12 bits per heavy atom. The van der Waals surface area contributed by atoms with Crippen molar-refractivity contribution in [1.29, 1.82) is 0 Å². The lowest BCUT2D eigenvalue weighted by molar-refractivity contribution is 0.102. The van der Waals surface area contributed by atoms with E-state index < -0.39 is 0 Å². The summed E-state index contributed by atoms with van der Waals surface area (Å²) in [7, 11) is 0. The van der Waals surface area contributed by atoms with E-state index in [4.69, 9.17) is 0 Å². The number of rotatable bonds is 5. The Hall–Kier alpha value is -2.86. The number of carbonyl (C=O) groups excluding carboxylic acids is 1. The summed E-state index contributed by atoms with van der Waals surface area (Å²) in [6.07, 6.45) is 3.58. The average Bonchev–Trinajstić information content (AvgIpc) is 3.05. The SMILES string of the molecule is CSc1n[nH]c(/N=C\c2ccccc2)c1C(=O)Nc1ccccc1. The summed E-state index contributed by atoms with van der Waals surface area (Å²) < 4.78 is 0. The molecule has 6 heteroatoms. The van der Waals surface area contributed by atoms with Gasteiger partial charge in [-0.3, -0.25) is 9.89 Å². The molecule has 0 saturated carbocycles. The van der Waals surface area contributed by atoms with Gasteiger partial charge < -0.3 is 5.32 Å². The number of anilines is 1. The zero-order chi connectivity index (χ0) is 16.8. The number of H-pyrrole nitrogens is 1. The molecule has 24 heavy (non-hydrogen) atoms. The molecule has 0 aliphatic rings.